The number of hydrogen-bond donors (Lipinski definition) is 1. The molecule has 1 unspecified atom stereocenters. The molecule has 0 bridgehead atoms. The Bertz CT molecular complexity index is 551. The molecule has 1 aromatic rings. The number of benzene rings is 1. The molecule has 0 radical (unpaired) electrons. The van der Waals surface area contributed by atoms with Crippen molar-refractivity contribution in [2.24, 2.45) is 0 Å². The highest BCUT2D eigenvalue weighted by atomic mass is 16.2. The van der Waals surface area contributed by atoms with Crippen molar-refractivity contribution in [1.29, 1.82) is 0 Å². The van der Waals surface area contributed by atoms with Crippen LogP contribution in [0.4, 0.5) is 0 Å². The lowest BCUT2D eigenvalue weighted by molar-refractivity contribution is -0.125. The zero-order valence-corrected chi connectivity index (χ0v) is 12.0. The summed E-state index contributed by atoms with van der Waals surface area (Å²) in [6.07, 6.45) is 3.08. The van der Waals surface area contributed by atoms with E-state index in [1.807, 2.05) is 25.1 Å². The Balaban J connectivity index is 2.29. The lowest BCUT2D eigenvalue weighted by atomic mass is 10.1. The summed E-state index contributed by atoms with van der Waals surface area (Å²) in [5, 5.41) is 2.65. The summed E-state index contributed by atoms with van der Waals surface area (Å²) in [4.78, 5) is 26.2. The highest BCUT2D eigenvalue weighted by Crippen LogP contribution is 2.28. The fourth-order valence-electron chi connectivity index (χ4n) is 2.63. The van der Waals surface area contributed by atoms with Crippen LogP contribution in [-0.2, 0) is 11.3 Å². The second-order valence-electron chi connectivity index (χ2n) is 5.03. The maximum atomic E-state index is 12.5. The average Bonchev–Trinajstić information content (AvgIpc) is 2.78. The van der Waals surface area contributed by atoms with Crippen LogP contribution in [0.15, 0.2) is 30.9 Å². The Hall–Kier alpha value is -2.10. The maximum Gasteiger partial charge on any atom is 0.255 e. The van der Waals surface area contributed by atoms with Crippen LogP contribution in [0.25, 0.3) is 0 Å². The lowest BCUT2D eigenvalue weighted by Gasteiger charge is -2.26. The molecule has 0 aliphatic carbocycles. The molecule has 4 nitrogen and oxygen atoms in total. The first-order valence-corrected chi connectivity index (χ1v) is 6.82. The van der Waals surface area contributed by atoms with Crippen LogP contribution in [0.2, 0.25) is 0 Å². The van der Waals surface area contributed by atoms with Crippen LogP contribution >= 0.6 is 0 Å². The topological polar surface area (TPSA) is 49.4 Å². The standard InChI is InChI=1S/C16H20N2O2/c1-4-5-9-14(15(19)17-3)18-10-13-11(2)7-6-8-12(13)16(18)20/h4,6-8,14H,1,5,9-10H2,2-3H3,(H,17,19). The van der Waals surface area contributed by atoms with Gasteiger partial charge >= 0.3 is 0 Å². The number of aryl methyl sites for hydroxylation is 1. The molecule has 4 heteroatoms. The molecular formula is C16H20N2O2. The molecule has 0 saturated heterocycles. The third kappa shape index (κ3) is 2.46. The number of amides is 2. The predicted octanol–water partition coefficient (Wildman–Crippen LogP) is 2.03. The number of nitrogens with one attached hydrogen (secondary N) is 1. The van der Waals surface area contributed by atoms with E-state index in [-0.39, 0.29) is 11.8 Å². The minimum atomic E-state index is -0.433. The molecule has 1 aliphatic rings. The van der Waals surface area contributed by atoms with Gasteiger partial charge < -0.3 is 10.2 Å². The first-order chi connectivity index (χ1) is 9.60. The first-order valence-electron chi connectivity index (χ1n) is 6.82. The number of carbonyl (C=O) groups excluding carboxylic acids is 2. The van der Waals surface area contributed by atoms with E-state index in [9.17, 15) is 9.59 Å². The molecule has 1 atom stereocenters. The van der Waals surface area contributed by atoms with Crippen LogP contribution in [0, 0.1) is 6.92 Å². The van der Waals surface area contributed by atoms with Crippen molar-refractivity contribution >= 4 is 11.8 Å². The molecule has 0 spiro atoms. The summed E-state index contributed by atoms with van der Waals surface area (Å²) in [5.41, 5.74) is 2.85. The van der Waals surface area contributed by atoms with E-state index in [0.717, 1.165) is 16.7 Å². The summed E-state index contributed by atoms with van der Waals surface area (Å²) in [7, 11) is 1.60. The second kappa shape index (κ2) is 5.90. The molecule has 0 aromatic heterocycles. The first kappa shape index (κ1) is 14.3. The summed E-state index contributed by atoms with van der Waals surface area (Å²) < 4.78 is 0. The van der Waals surface area contributed by atoms with Gasteiger partial charge in [0.25, 0.3) is 5.91 Å². The highest BCUT2D eigenvalue weighted by molar-refractivity contribution is 6.01. The minimum Gasteiger partial charge on any atom is -0.357 e. The summed E-state index contributed by atoms with van der Waals surface area (Å²) in [6, 6.07) is 5.28. The van der Waals surface area contributed by atoms with Crippen molar-refractivity contribution in [1.82, 2.24) is 10.2 Å². The number of carbonyl (C=O) groups is 2. The van der Waals surface area contributed by atoms with E-state index >= 15 is 0 Å². The average molecular weight is 272 g/mol. The van der Waals surface area contributed by atoms with Gasteiger partial charge in [-0.25, -0.2) is 0 Å². The molecule has 0 saturated carbocycles. The molecule has 1 N–H and O–H groups in total. The Morgan fingerprint density at radius 1 is 1.55 bits per heavy atom. The largest absolute Gasteiger partial charge is 0.357 e. The van der Waals surface area contributed by atoms with E-state index in [4.69, 9.17) is 0 Å². The predicted molar refractivity (Wildman–Crippen MR) is 78.3 cm³/mol. The van der Waals surface area contributed by atoms with Crippen molar-refractivity contribution in [2.75, 3.05) is 7.05 Å². The Morgan fingerprint density at radius 2 is 2.30 bits per heavy atom. The normalized spacial score (nSPS) is 14.9. The van der Waals surface area contributed by atoms with Crippen LogP contribution in [0.1, 0.15) is 34.3 Å². The second-order valence-corrected chi connectivity index (χ2v) is 5.03. The third-order valence-corrected chi connectivity index (χ3v) is 3.80. The van der Waals surface area contributed by atoms with Gasteiger partial charge in [0.05, 0.1) is 0 Å². The van der Waals surface area contributed by atoms with E-state index in [2.05, 4.69) is 11.9 Å². The fourth-order valence-corrected chi connectivity index (χ4v) is 2.63. The van der Waals surface area contributed by atoms with Crippen LogP contribution < -0.4 is 5.32 Å². The van der Waals surface area contributed by atoms with E-state index in [1.54, 1.807) is 18.0 Å². The molecule has 2 rings (SSSR count). The van der Waals surface area contributed by atoms with Gasteiger partial charge in [-0.1, -0.05) is 18.2 Å². The van der Waals surface area contributed by atoms with Gasteiger partial charge in [-0.2, -0.15) is 0 Å². The van der Waals surface area contributed by atoms with Gasteiger partial charge in [-0.05, 0) is 37.0 Å². The zero-order chi connectivity index (χ0) is 14.7. The van der Waals surface area contributed by atoms with Gasteiger partial charge in [0.2, 0.25) is 5.91 Å². The number of nitrogens with zero attached hydrogens (tertiary/aromatic N) is 1. The third-order valence-electron chi connectivity index (χ3n) is 3.80. The van der Waals surface area contributed by atoms with Crippen molar-refractivity contribution in [3.63, 3.8) is 0 Å². The SMILES string of the molecule is C=CCCC(C(=O)NC)N1Cc2c(C)cccc2C1=O. The van der Waals surface area contributed by atoms with Gasteiger partial charge in [0, 0.05) is 19.2 Å². The number of allylic oxidation sites excluding steroid dienone is 1. The summed E-state index contributed by atoms with van der Waals surface area (Å²) >= 11 is 0. The van der Waals surface area contributed by atoms with Crippen molar-refractivity contribution in [2.45, 2.75) is 32.4 Å². The fraction of sp³-hybridized carbons (Fsp3) is 0.375. The number of hydrogen-bond acceptors (Lipinski definition) is 2. The van der Waals surface area contributed by atoms with Gasteiger partial charge in [-0.15, -0.1) is 6.58 Å². The smallest absolute Gasteiger partial charge is 0.255 e. The Morgan fingerprint density at radius 3 is 2.90 bits per heavy atom. The molecule has 1 aromatic carbocycles. The van der Waals surface area contributed by atoms with E-state index < -0.39 is 6.04 Å². The van der Waals surface area contributed by atoms with Crippen molar-refractivity contribution < 1.29 is 9.59 Å². The monoisotopic (exact) mass is 272 g/mol. The van der Waals surface area contributed by atoms with Crippen LogP contribution in [0.3, 0.4) is 0 Å². The lowest BCUT2D eigenvalue weighted by Crippen LogP contribution is -2.46. The van der Waals surface area contributed by atoms with E-state index in [1.165, 1.54) is 0 Å². The molecule has 20 heavy (non-hydrogen) atoms. The zero-order valence-electron chi connectivity index (χ0n) is 12.0. The summed E-state index contributed by atoms with van der Waals surface area (Å²) in [5.74, 6) is -0.174. The van der Waals surface area contributed by atoms with Gasteiger partial charge in [0.15, 0.2) is 0 Å². The maximum absolute atomic E-state index is 12.5. The number of rotatable bonds is 5. The van der Waals surface area contributed by atoms with Gasteiger partial charge in [-0.3, -0.25) is 9.59 Å². The molecule has 1 aliphatic heterocycles. The summed E-state index contributed by atoms with van der Waals surface area (Å²) in [6.45, 7) is 6.19. The Kier molecular flexibility index (Phi) is 4.23. The van der Waals surface area contributed by atoms with E-state index in [0.29, 0.717) is 19.4 Å². The van der Waals surface area contributed by atoms with Crippen molar-refractivity contribution in [3.05, 3.63) is 47.5 Å². The quantitative estimate of drug-likeness (QED) is 0.834. The molecule has 106 valence electrons. The minimum absolute atomic E-state index is 0.0543. The molecule has 0 fully saturated rings. The van der Waals surface area contributed by atoms with Crippen molar-refractivity contribution in [3.8, 4) is 0 Å². The molecule has 1 heterocycles. The highest BCUT2D eigenvalue weighted by Gasteiger charge is 2.35. The van der Waals surface area contributed by atoms with Crippen LogP contribution in [0.5, 0.6) is 0 Å². The molecular weight excluding hydrogens is 252 g/mol. The Labute approximate surface area is 119 Å². The van der Waals surface area contributed by atoms with Gasteiger partial charge in [0.1, 0.15) is 6.04 Å². The number of fused-ring (bicyclic) bond motifs is 1. The van der Waals surface area contributed by atoms with Crippen LogP contribution in [-0.4, -0.2) is 29.8 Å². The molecule has 2 amide bonds. The number of likely N-dealkylation sites (N-methyl/N-ethyl adjacent to an activating group) is 1.